The van der Waals surface area contributed by atoms with Gasteiger partial charge >= 0.3 is 0 Å². The van der Waals surface area contributed by atoms with Crippen molar-refractivity contribution in [3.8, 4) is 0 Å². The molecule has 4 N–H and O–H groups in total. The second kappa shape index (κ2) is 16.9. The number of benzene rings is 6. The van der Waals surface area contributed by atoms with Gasteiger partial charge in [-0.1, -0.05) is 121 Å². The molecule has 0 amide bonds. The summed E-state index contributed by atoms with van der Waals surface area (Å²) in [6.07, 6.45) is -0.249. The maximum Gasteiger partial charge on any atom is 0.185 e. The van der Waals surface area contributed by atoms with Crippen LogP contribution in [0.3, 0.4) is 0 Å². The Morgan fingerprint density at radius 3 is 0.962 bits per heavy atom. The molecule has 0 aliphatic carbocycles. The van der Waals surface area contributed by atoms with Crippen LogP contribution in [-0.2, 0) is 19.7 Å². The molecule has 0 aromatic heterocycles. The summed E-state index contributed by atoms with van der Waals surface area (Å²) in [7, 11) is -7.50. The van der Waals surface area contributed by atoms with Crippen molar-refractivity contribution in [1.29, 1.82) is 0 Å². The Labute approximate surface area is 304 Å². The van der Waals surface area contributed by atoms with Crippen molar-refractivity contribution in [3.63, 3.8) is 0 Å². The summed E-state index contributed by atoms with van der Waals surface area (Å²) < 4.78 is 52.9. The summed E-state index contributed by atoms with van der Waals surface area (Å²) in [4.78, 5) is 25.7. The number of nitrogen functional groups attached to an aromatic ring is 2. The largest absolute Gasteiger partial charge is 0.399 e. The van der Waals surface area contributed by atoms with Crippen molar-refractivity contribution in [3.05, 3.63) is 192 Å². The lowest BCUT2D eigenvalue weighted by molar-refractivity contribution is 0.0973. The van der Waals surface area contributed by atoms with E-state index < -0.39 is 30.2 Å². The first-order valence-corrected chi connectivity index (χ1v) is 19.5. The van der Waals surface area contributed by atoms with Crippen LogP contribution in [0.4, 0.5) is 11.4 Å². The van der Waals surface area contributed by atoms with Crippen molar-refractivity contribution in [1.82, 2.24) is 0 Å². The van der Waals surface area contributed by atoms with Crippen LogP contribution >= 0.6 is 0 Å². The van der Waals surface area contributed by atoms with Crippen molar-refractivity contribution in [2.24, 2.45) is 0 Å². The van der Waals surface area contributed by atoms with Gasteiger partial charge in [0.1, 0.15) is 0 Å². The molecule has 0 bridgehead atoms. The van der Waals surface area contributed by atoms with Crippen LogP contribution < -0.4 is 11.5 Å². The van der Waals surface area contributed by atoms with E-state index in [2.05, 4.69) is 0 Å². The monoisotopic (exact) mass is 730 g/mol. The van der Waals surface area contributed by atoms with Crippen LogP contribution in [0.25, 0.3) is 0 Å². The number of sulfone groups is 2. The molecule has 0 spiro atoms. The highest BCUT2D eigenvalue weighted by molar-refractivity contribution is 7.92. The maximum absolute atomic E-state index is 13.2. The summed E-state index contributed by atoms with van der Waals surface area (Å²) in [6, 6.07) is 47.2. The number of carbonyl (C=O) groups is 2. The van der Waals surface area contributed by atoms with E-state index in [1.165, 1.54) is 24.3 Å². The molecule has 0 saturated heterocycles. The van der Waals surface area contributed by atoms with Gasteiger partial charge in [-0.3, -0.25) is 9.59 Å². The average Bonchev–Trinajstić information content (AvgIpc) is 3.17. The fourth-order valence-electron chi connectivity index (χ4n) is 5.61. The highest BCUT2D eigenvalue weighted by atomic mass is 32.2. The fraction of sp³-hybridized carbons (Fsp3) is 0.0952. The van der Waals surface area contributed by atoms with Gasteiger partial charge in [0.05, 0.1) is 20.3 Å². The minimum Gasteiger partial charge on any atom is -0.399 e. The van der Waals surface area contributed by atoms with Crippen molar-refractivity contribution in [2.75, 3.05) is 11.5 Å². The van der Waals surface area contributed by atoms with E-state index in [0.29, 0.717) is 33.6 Å². The molecule has 52 heavy (non-hydrogen) atoms. The Morgan fingerprint density at radius 1 is 0.404 bits per heavy atom. The van der Waals surface area contributed by atoms with Gasteiger partial charge in [-0.05, 0) is 59.7 Å². The van der Waals surface area contributed by atoms with Crippen LogP contribution in [0.5, 0.6) is 0 Å². The summed E-state index contributed by atoms with van der Waals surface area (Å²) in [5.74, 6) is -0.419. The topological polar surface area (TPSA) is 154 Å². The Hall–Kier alpha value is -5.84. The second-order valence-electron chi connectivity index (χ2n) is 12.0. The first kappa shape index (κ1) is 37.4. The third-order valence-electron chi connectivity index (χ3n) is 8.44. The molecule has 6 aromatic carbocycles. The van der Waals surface area contributed by atoms with E-state index in [4.69, 9.17) is 11.5 Å². The highest BCUT2D eigenvalue weighted by Gasteiger charge is 2.32. The molecule has 0 heterocycles. The first-order valence-electron chi connectivity index (χ1n) is 16.4. The number of Topliss-reactive ketones (excluding diaryl/α,β-unsaturated/α-hetero) is 2. The zero-order valence-corrected chi connectivity index (χ0v) is 29.8. The van der Waals surface area contributed by atoms with Crippen LogP contribution in [0.1, 0.15) is 55.2 Å². The Bertz CT molecular complexity index is 2130. The van der Waals surface area contributed by atoms with E-state index in [1.54, 1.807) is 121 Å². The van der Waals surface area contributed by atoms with E-state index in [-0.39, 0.29) is 34.2 Å². The third kappa shape index (κ3) is 9.28. The second-order valence-corrected chi connectivity index (χ2v) is 16.3. The zero-order chi connectivity index (χ0) is 37.1. The van der Waals surface area contributed by atoms with Crippen LogP contribution in [0.15, 0.2) is 180 Å². The SMILES string of the molecule is Nc1ccc(S(=O)(=O)C(CC(=O)c2ccccc2)c2ccccc2)cc1.Nc1ccc(S(=O)(=O)C(CC(=O)c2ccccc2)c2ccccc2)cc1. The predicted octanol–water partition coefficient (Wildman–Crippen LogP) is 8.11. The molecule has 0 saturated carbocycles. The molecule has 6 aromatic rings. The molecule has 2 atom stereocenters. The predicted molar refractivity (Wildman–Crippen MR) is 205 cm³/mol. The number of hydrogen-bond donors (Lipinski definition) is 2. The summed E-state index contributed by atoms with van der Waals surface area (Å²) in [6.45, 7) is 0. The molecule has 0 radical (unpaired) electrons. The van der Waals surface area contributed by atoms with Crippen molar-refractivity contribution < 1.29 is 26.4 Å². The van der Waals surface area contributed by atoms with Gasteiger partial charge in [-0.2, -0.15) is 0 Å². The molecule has 2 unspecified atom stereocenters. The first-order chi connectivity index (χ1) is 25.0. The van der Waals surface area contributed by atoms with Crippen molar-refractivity contribution >= 4 is 42.6 Å². The Morgan fingerprint density at radius 2 is 0.673 bits per heavy atom. The van der Waals surface area contributed by atoms with Crippen LogP contribution in [0.2, 0.25) is 0 Å². The van der Waals surface area contributed by atoms with E-state index in [0.717, 1.165) is 0 Å². The van der Waals surface area contributed by atoms with Gasteiger partial charge in [-0.25, -0.2) is 16.8 Å². The lowest BCUT2D eigenvalue weighted by Crippen LogP contribution is -2.18. The van der Waals surface area contributed by atoms with Gasteiger partial charge < -0.3 is 11.5 Å². The molecule has 10 heteroatoms. The van der Waals surface area contributed by atoms with Gasteiger partial charge in [0, 0.05) is 35.3 Å². The number of hydrogen-bond acceptors (Lipinski definition) is 8. The number of anilines is 2. The summed E-state index contributed by atoms with van der Waals surface area (Å²) in [5, 5.41) is -1.92. The standard InChI is InChI=1S/2C21H19NO3S/c2*22-18-11-13-19(14-12-18)26(24,25)21(17-9-5-2-6-10-17)15-20(23)16-7-3-1-4-8-16/h2*1-14,21H,15,22H2. The van der Waals surface area contributed by atoms with Gasteiger partial charge in [0.2, 0.25) is 0 Å². The number of ketones is 2. The lowest BCUT2D eigenvalue weighted by atomic mass is 10.0. The number of nitrogens with two attached hydrogens (primary N) is 2. The van der Waals surface area contributed by atoms with Crippen molar-refractivity contribution in [2.45, 2.75) is 33.1 Å². The van der Waals surface area contributed by atoms with E-state index >= 15 is 0 Å². The third-order valence-corrected chi connectivity index (χ3v) is 12.7. The van der Waals surface area contributed by atoms with E-state index in [9.17, 15) is 26.4 Å². The highest BCUT2D eigenvalue weighted by Crippen LogP contribution is 2.34. The van der Waals surface area contributed by atoms with Gasteiger partial charge in [0.15, 0.2) is 31.2 Å². The van der Waals surface area contributed by atoms with Gasteiger partial charge in [-0.15, -0.1) is 0 Å². The molecule has 6 rings (SSSR count). The average molecular weight is 731 g/mol. The molecular weight excluding hydrogens is 693 g/mol. The molecule has 0 aliphatic rings. The summed E-state index contributed by atoms with van der Waals surface area (Å²) in [5.41, 5.74) is 14.5. The normalized spacial score (nSPS) is 12.5. The summed E-state index contributed by atoms with van der Waals surface area (Å²) >= 11 is 0. The quantitative estimate of drug-likeness (QED) is 0.0946. The number of rotatable bonds is 12. The van der Waals surface area contributed by atoms with E-state index in [1.807, 2.05) is 24.3 Å². The minimum absolute atomic E-state index is 0.124. The van der Waals surface area contributed by atoms with Crippen LogP contribution in [-0.4, -0.2) is 28.4 Å². The number of carbonyl (C=O) groups excluding carboxylic acids is 2. The molecule has 8 nitrogen and oxygen atoms in total. The molecular formula is C42H38N2O6S2. The molecule has 0 aliphatic heterocycles. The minimum atomic E-state index is -3.75. The van der Waals surface area contributed by atoms with Gasteiger partial charge in [0.25, 0.3) is 0 Å². The molecule has 0 fully saturated rings. The lowest BCUT2D eigenvalue weighted by Gasteiger charge is -2.18. The maximum atomic E-state index is 13.2. The Kier molecular flexibility index (Phi) is 12.2. The zero-order valence-electron chi connectivity index (χ0n) is 28.2. The fourth-order valence-corrected chi connectivity index (χ4v) is 9.07. The van der Waals surface area contributed by atoms with Crippen LogP contribution in [0, 0.1) is 0 Å². The Balaban J connectivity index is 0.000000201. The molecule has 264 valence electrons. The smallest absolute Gasteiger partial charge is 0.185 e.